The number of nitriles is 1. The van der Waals surface area contributed by atoms with Gasteiger partial charge in [0, 0.05) is 6.54 Å². The summed E-state index contributed by atoms with van der Waals surface area (Å²) in [6.07, 6.45) is 2.17. The van der Waals surface area contributed by atoms with E-state index in [1.807, 2.05) is 6.07 Å². The first-order chi connectivity index (χ1) is 7.63. The normalized spacial score (nSPS) is 15.7. The first-order valence-electron chi connectivity index (χ1n) is 5.12. The van der Waals surface area contributed by atoms with E-state index in [2.05, 4.69) is 4.72 Å². The molecule has 1 saturated carbocycles. The second-order valence-electron chi connectivity index (χ2n) is 3.90. The van der Waals surface area contributed by atoms with Crippen LogP contribution in [0.4, 0.5) is 0 Å². The summed E-state index contributed by atoms with van der Waals surface area (Å²) in [5.74, 6) is 0.476. The van der Waals surface area contributed by atoms with Crippen molar-refractivity contribution >= 4 is 10.0 Å². The molecule has 0 heterocycles. The fourth-order valence-corrected chi connectivity index (χ4v) is 2.69. The number of hydrogen-bond acceptors (Lipinski definition) is 3. The molecule has 1 aromatic rings. The average Bonchev–Trinajstić information content (AvgIpc) is 3.10. The highest BCUT2D eigenvalue weighted by Gasteiger charge is 2.25. The van der Waals surface area contributed by atoms with Crippen LogP contribution >= 0.6 is 0 Å². The lowest BCUT2D eigenvalue weighted by molar-refractivity contribution is 0.577. The standard InChI is InChI=1S/C11H12N2O2S/c12-7-10-3-1-2-4-11(10)16(14,15)13-8-9-5-6-9/h1-4,9,13H,5-6,8H2. The SMILES string of the molecule is N#Cc1ccccc1S(=O)(=O)NCC1CC1. The lowest BCUT2D eigenvalue weighted by Gasteiger charge is -2.06. The molecule has 0 unspecified atom stereocenters. The molecule has 0 amide bonds. The van der Waals surface area contributed by atoms with E-state index < -0.39 is 10.0 Å². The third-order valence-corrected chi connectivity index (χ3v) is 4.04. The van der Waals surface area contributed by atoms with E-state index in [-0.39, 0.29) is 10.5 Å². The second-order valence-corrected chi connectivity index (χ2v) is 5.64. The van der Waals surface area contributed by atoms with Crippen molar-refractivity contribution in [2.24, 2.45) is 5.92 Å². The van der Waals surface area contributed by atoms with E-state index in [1.54, 1.807) is 12.1 Å². The van der Waals surface area contributed by atoms with Crippen molar-refractivity contribution in [3.8, 4) is 6.07 Å². The predicted octanol–water partition coefficient (Wildman–Crippen LogP) is 1.25. The number of nitrogens with zero attached hydrogens (tertiary/aromatic N) is 1. The van der Waals surface area contributed by atoms with Crippen LogP contribution in [0, 0.1) is 17.2 Å². The predicted molar refractivity (Wildman–Crippen MR) is 59.1 cm³/mol. The molecule has 84 valence electrons. The maximum Gasteiger partial charge on any atom is 0.241 e. The molecule has 0 spiro atoms. The Morgan fingerprint density at radius 2 is 2.06 bits per heavy atom. The van der Waals surface area contributed by atoms with Gasteiger partial charge in [-0.2, -0.15) is 5.26 Å². The van der Waals surface area contributed by atoms with Gasteiger partial charge in [-0.3, -0.25) is 0 Å². The molecule has 16 heavy (non-hydrogen) atoms. The second kappa shape index (κ2) is 4.24. The highest BCUT2D eigenvalue weighted by molar-refractivity contribution is 7.89. The Hall–Kier alpha value is -1.38. The monoisotopic (exact) mass is 236 g/mol. The molecule has 1 aliphatic rings. The minimum absolute atomic E-state index is 0.0677. The summed E-state index contributed by atoms with van der Waals surface area (Å²) in [6, 6.07) is 8.11. The Kier molecular flexibility index (Phi) is 2.95. The van der Waals surface area contributed by atoms with E-state index in [0.29, 0.717) is 12.5 Å². The minimum atomic E-state index is -3.53. The summed E-state index contributed by atoms with van der Waals surface area (Å²) in [6.45, 7) is 0.474. The summed E-state index contributed by atoms with van der Waals surface area (Å²) in [7, 11) is -3.53. The highest BCUT2D eigenvalue weighted by Crippen LogP contribution is 2.28. The molecular weight excluding hydrogens is 224 g/mol. The van der Waals surface area contributed by atoms with Gasteiger partial charge in [-0.1, -0.05) is 12.1 Å². The van der Waals surface area contributed by atoms with E-state index in [1.165, 1.54) is 12.1 Å². The Bertz CT molecular complexity index is 527. The van der Waals surface area contributed by atoms with E-state index in [9.17, 15) is 8.42 Å². The minimum Gasteiger partial charge on any atom is -0.211 e. The molecule has 2 rings (SSSR count). The van der Waals surface area contributed by atoms with Crippen molar-refractivity contribution in [3.05, 3.63) is 29.8 Å². The average molecular weight is 236 g/mol. The summed E-state index contributed by atoms with van der Waals surface area (Å²) < 4.78 is 26.3. The fourth-order valence-electron chi connectivity index (χ4n) is 1.42. The van der Waals surface area contributed by atoms with Crippen LogP contribution in [0.25, 0.3) is 0 Å². The van der Waals surface area contributed by atoms with Gasteiger partial charge in [0.25, 0.3) is 0 Å². The quantitative estimate of drug-likeness (QED) is 0.855. The van der Waals surface area contributed by atoms with Crippen LogP contribution in [-0.2, 0) is 10.0 Å². The molecule has 0 aliphatic heterocycles. The summed E-state index contributed by atoms with van der Waals surface area (Å²) in [5.41, 5.74) is 0.186. The summed E-state index contributed by atoms with van der Waals surface area (Å²) in [5, 5.41) is 8.83. The largest absolute Gasteiger partial charge is 0.241 e. The smallest absolute Gasteiger partial charge is 0.211 e. The topological polar surface area (TPSA) is 70.0 Å². The number of rotatable bonds is 4. The molecule has 1 fully saturated rings. The van der Waals surface area contributed by atoms with Crippen molar-refractivity contribution < 1.29 is 8.42 Å². The lowest BCUT2D eigenvalue weighted by atomic mass is 10.2. The van der Waals surface area contributed by atoms with Crippen LogP contribution in [0.2, 0.25) is 0 Å². The molecule has 0 radical (unpaired) electrons. The summed E-state index contributed by atoms with van der Waals surface area (Å²) >= 11 is 0. The van der Waals surface area contributed by atoms with Crippen LogP contribution in [0.15, 0.2) is 29.2 Å². The molecule has 1 N–H and O–H groups in total. The van der Waals surface area contributed by atoms with Gasteiger partial charge >= 0.3 is 0 Å². The van der Waals surface area contributed by atoms with Gasteiger partial charge in [0.15, 0.2) is 0 Å². The highest BCUT2D eigenvalue weighted by atomic mass is 32.2. The van der Waals surface area contributed by atoms with Gasteiger partial charge in [-0.25, -0.2) is 13.1 Å². The first kappa shape index (κ1) is 11.1. The van der Waals surface area contributed by atoms with Crippen molar-refractivity contribution in [1.82, 2.24) is 4.72 Å². The molecule has 5 heteroatoms. The van der Waals surface area contributed by atoms with Crippen LogP contribution in [0.1, 0.15) is 18.4 Å². The van der Waals surface area contributed by atoms with Gasteiger partial charge in [-0.15, -0.1) is 0 Å². The molecule has 0 saturated heterocycles. The molecule has 0 atom stereocenters. The van der Waals surface area contributed by atoms with Crippen molar-refractivity contribution in [2.45, 2.75) is 17.7 Å². The number of sulfonamides is 1. The lowest BCUT2D eigenvalue weighted by Crippen LogP contribution is -2.26. The van der Waals surface area contributed by atoms with Crippen molar-refractivity contribution in [2.75, 3.05) is 6.54 Å². The third kappa shape index (κ3) is 2.40. The van der Waals surface area contributed by atoms with Crippen LogP contribution in [0.5, 0.6) is 0 Å². The van der Waals surface area contributed by atoms with Crippen LogP contribution in [0.3, 0.4) is 0 Å². The van der Waals surface area contributed by atoms with Crippen molar-refractivity contribution in [1.29, 1.82) is 5.26 Å². The van der Waals surface area contributed by atoms with Gasteiger partial charge in [0.05, 0.1) is 10.5 Å². The molecule has 0 bridgehead atoms. The van der Waals surface area contributed by atoms with Gasteiger partial charge in [0.2, 0.25) is 10.0 Å². The van der Waals surface area contributed by atoms with E-state index >= 15 is 0 Å². The van der Waals surface area contributed by atoms with E-state index in [4.69, 9.17) is 5.26 Å². The Morgan fingerprint density at radius 3 is 2.69 bits per heavy atom. The number of benzene rings is 1. The maximum absolute atomic E-state index is 11.9. The third-order valence-electron chi connectivity index (χ3n) is 2.56. The van der Waals surface area contributed by atoms with Gasteiger partial charge in [-0.05, 0) is 30.9 Å². The van der Waals surface area contributed by atoms with Crippen LogP contribution in [-0.4, -0.2) is 15.0 Å². The zero-order chi connectivity index (χ0) is 11.6. The van der Waals surface area contributed by atoms with Gasteiger partial charge < -0.3 is 0 Å². The first-order valence-corrected chi connectivity index (χ1v) is 6.60. The molecule has 4 nitrogen and oxygen atoms in total. The molecular formula is C11H12N2O2S. The van der Waals surface area contributed by atoms with E-state index in [0.717, 1.165) is 12.8 Å². The molecule has 0 aromatic heterocycles. The van der Waals surface area contributed by atoms with Crippen molar-refractivity contribution in [3.63, 3.8) is 0 Å². The number of hydrogen-bond donors (Lipinski definition) is 1. The number of nitrogens with one attached hydrogen (secondary N) is 1. The summed E-state index contributed by atoms with van der Waals surface area (Å²) in [4.78, 5) is 0.0677. The van der Waals surface area contributed by atoms with Gasteiger partial charge in [0.1, 0.15) is 6.07 Å². The zero-order valence-electron chi connectivity index (χ0n) is 8.68. The molecule has 1 aliphatic carbocycles. The Labute approximate surface area is 95.0 Å². The maximum atomic E-state index is 11.9. The fraction of sp³-hybridized carbons (Fsp3) is 0.364. The Balaban J connectivity index is 2.24. The van der Waals surface area contributed by atoms with Crippen LogP contribution < -0.4 is 4.72 Å². The zero-order valence-corrected chi connectivity index (χ0v) is 9.50. The Morgan fingerprint density at radius 1 is 1.38 bits per heavy atom. The molecule has 1 aromatic carbocycles.